The van der Waals surface area contributed by atoms with Crippen LogP contribution in [0.2, 0.25) is 0 Å². The van der Waals surface area contributed by atoms with Crippen molar-refractivity contribution >= 4 is 15.7 Å². The normalized spacial score (nSPS) is 24.0. The SMILES string of the molecule is CCNc1cccnc1S(=O)(=O)N1CC(C)OCC1CC. The third-order valence-corrected chi connectivity index (χ3v) is 5.46. The highest BCUT2D eigenvalue weighted by atomic mass is 32.2. The van der Waals surface area contributed by atoms with Crippen molar-refractivity contribution in [2.45, 2.75) is 44.4 Å². The summed E-state index contributed by atoms with van der Waals surface area (Å²) in [4.78, 5) is 4.11. The molecule has 0 amide bonds. The Morgan fingerprint density at radius 2 is 2.24 bits per heavy atom. The van der Waals surface area contributed by atoms with Crippen molar-refractivity contribution in [3.63, 3.8) is 0 Å². The number of rotatable bonds is 5. The van der Waals surface area contributed by atoms with Gasteiger partial charge in [0.2, 0.25) is 0 Å². The Labute approximate surface area is 126 Å². The minimum Gasteiger partial charge on any atom is -0.383 e. The summed E-state index contributed by atoms with van der Waals surface area (Å²) in [6.07, 6.45) is 2.13. The van der Waals surface area contributed by atoms with Crippen molar-refractivity contribution in [2.24, 2.45) is 0 Å². The second-order valence-electron chi connectivity index (χ2n) is 5.17. The van der Waals surface area contributed by atoms with Gasteiger partial charge in [-0.1, -0.05) is 6.92 Å². The van der Waals surface area contributed by atoms with Crippen LogP contribution in [-0.2, 0) is 14.8 Å². The van der Waals surface area contributed by atoms with Crippen LogP contribution in [0.4, 0.5) is 5.69 Å². The number of nitrogens with zero attached hydrogens (tertiary/aromatic N) is 2. The highest BCUT2D eigenvalue weighted by molar-refractivity contribution is 7.89. The van der Waals surface area contributed by atoms with Crippen LogP contribution in [0.3, 0.4) is 0 Å². The summed E-state index contributed by atoms with van der Waals surface area (Å²) in [5.41, 5.74) is 0.550. The summed E-state index contributed by atoms with van der Waals surface area (Å²) >= 11 is 0. The van der Waals surface area contributed by atoms with E-state index >= 15 is 0 Å². The standard InChI is InChI=1S/C14H23N3O3S/c1-4-12-10-20-11(3)9-17(12)21(18,19)14-13(15-5-2)7-6-8-16-14/h6-8,11-12,15H,4-5,9-10H2,1-3H3. The van der Waals surface area contributed by atoms with Crippen LogP contribution in [0.1, 0.15) is 27.2 Å². The molecule has 0 spiro atoms. The summed E-state index contributed by atoms with van der Waals surface area (Å²) in [6, 6.07) is 3.34. The molecule has 1 aliphatic heterocycles. The molecular weight excluding hydrogens is 290 g/mol. The average Bonchev–Trinajstić information content (AvgIpc) is 2.48. The van der Waals surface area contributed by atoms with Crippen molar-refractivity contribution in [1.82, 2.24) is 9.29 Å². The molecule has 1 N–H and O–H groups in total. The summed E-state index contributed by atoms with van der Waals surface area (Å²) in [5.74, 6) is 0. The molecule has 2 unspecified atom stereocenters. The number of pyridine rings is 1. The van der Waals surface area contributed by atoms with Crippen molar-refractivity contribution in [3.8, 4) is 0 Å². The third kappa shape index (κ3) is 3.36. The van der Waals surface area contributed by atoms with E-state index in [-0.39, 0.29) is 17.2 Å². The molecule has 7 heteroatoms. The number of morpholine rings is 1. The highest BCUT2D eigenvalue weighted by Gasteiger charge is 2.37. The lowest BCUT2D eigenvalue weighted by atomic mass is 10.2. The second-order valence-corrected chi connectivity index (χ2v) is 6.97. The molecular formula is C14H23N3O3S. The topological polar surface area (TPSA) is 71.5 Å². The quantitative estimate of drug-likeness (QED) is 0.896. The molecule has 1 saturated heterocycles. The number of anilines is 1. The molecule has 0 saturated carbocycles. The lowest BCUT2D eigenvalue weighted by molar-refractivity contribution is -0.0231. The largest absolute Gasteiger partial charge is 0.383 e. The van der Waals surface area contributed by atoms with Gasteiger partial charge in [-0.25, -0.2) is 13.4 Å². The smallest absolute Gasteiger partial charge is 0.263 e. The van der Waals surface area contributed by atoms with Gasteiger partial charge < -0.3 is 10.1 Å². The molecule has 6 nitrogen and oxygen atoms in total. The fraction of sp³-hybridized carbons (Fsp3) is 0.643. The Kier molecular flexibility index (Phi) is 5.18. The summed E-state index contributed by atoms with van der Waals surface area (Å²) in [5, 5.41) is 3.16. The Balaban J connectivity index is 2.40. The lowest BCUT2D eigenvalue weighted by Gasteiger charge is -2.37. The van der Waals surface area contributed by atoms with Gasteiger partial charge in [0.1, 0.15) is 0 Å². The highest BCUT2D eigenvalue weighted by Crippen LogP contribution is 2.27. The second kappa shape index (κ2) is 6.72. The van der Waals surface area contributed by atoms with Gasteiger partial charge in [0.05, 0.1) is 18.4 Å². The van der Waals surface area contributed by atoms with Crippen LogP contribution < -0.4 is 5.32 Å². The van der Waals surface area contributed by atoms with E-state index in [1.807, 2.05) is 20.8 Å². The fourth-order valence-corrected chi connectivity index (χ4v) is 4.30. The van der Waals surface area contributed by atoms with Gasteiger partial charge in [-0.05, 0) is 32.4 Å². The van der Waals surface area contributed by atoms with Crippen molar-refractivity contribution in [2.75, 3.05) is 25.0 Å². The Hall–Kier alpha value is -1.18. The molecule has 2 rings (SSSR count). The first-order chi connectivity index (χ1) is 10.0. The van der Waals surface area contributed by atoms with Crippen LogP contribution in [0.5, 0.6) is 0 Å². The summed E-state index contributed by atoms with van der Waals surface area (Å²) in [6.45, 7) is 7.22. The predicted octanol–water partition coefficient (Wildman–Crippen LogP) is 1.70. The first kappa shape index (κ1) is 16.2. The van der Waals surface area contributed by atoms with Gasteiger partial charge in [0, 0.05) is 25.3 Å². The third-order valence-electron chi connectivity index (χ3n) is 3.58. The van der Waals surface area contributed by atoms with E-state index in [1.54, 1.807) is 12.1 Å². The zero-order valence-corrected chi connectivity index (χ0v) is 13.6. The number of nitrogens with one attached hydrogen (secondary N) is 1. The van der Waals surface area contributed by atoms with Crippen molar-refractivity contribution in [1.29, 1.82) is 0 Å². The molecule has 1 fully saturated rings. The summed E-state index contributed by atoms with van der Waals surface area (Å²) in [7, 11) is -3.63. The minimum absolute atomic E-state index is 0.0967. The zero-order valence-electron chi connectivity index (χ0n) is 12.7. The van der Waals surface area contributed by atoms with Gasteiger partial charge in [0.15, 0.2) is 5.03 Å². The van der Waals surface area contributed by atoms with Crippen molar-refractivity contribution in [3.05, 3.63) is 18.3 Å². The van der Waals surface area contributed by atoms with Crippen LogP contribution in [0.25, 0.3) is 0 Å². The first-order valence-electron chi connectivity index (χ1n) is 7.33. The van der Waals surface area contributed by atoms with Crippen LogP contribution >= 0.6 is 0 Å². The van der Waals surface area contributed by atoms with E-state index in [1.165, 1.54) is 10.5 Å². The molecule has 0 aromatic carbocycles. The van der Waals surface area contributed by atoms with Crippen LogP contribution in [0, 0.1) is 0 Å². The minimum atomic E-state index is -3.63. The fourth-order valence-electron chi connectivity index (χ4n) is 2.46. The Morgan fingerprint density at radius 3 is 2.90 bits per heavy atom. The zero-order chi connectivity index (χ0) is 15.5. The number of ether oxygens (including phenoxy) is 1. The molecule has 1 aromatic heterocycles. The van der Waals surface area contributed by atoms with E-state index in [2.05, 4.69) is 10.3 Å². The number of hydrogen-bond donors (Lipinski definition) is 1. The Morgan fingerprint density at radius 1 is 1.48 bits per heavy atom. The van der Waals surface area contributed by atoms with E-state index in [4.69, 9.17) is 4.74 Å². The molecule has 2 heterocycles. The number of hydrogen-bond acceptors (Lipinski definition) is 5. The van der Waals surface area contributed by atoms with Crippen molar-refractivity contribution < 1.29 is 13.2 Å². The molecule has 1 aliphatic rings. The van der Waals surface area contributed by atoms with E-state index in [0.29, 0.717) is 25.4 Å². The molecule has 118 valence electrons. The average molecular weight is 313 g/mol. The molecule has 0 bridgehead atoms. The number of sulfonamides is 1. The van der Waals surface area contributed by atoms with Gasteiger partial charge in [0.25, 0.3) is 10.0 Å². The van der Waals surface area contributed by atoms with Crippen LogP contribution in [-0.4, -0.2) is 49.5 Å². The van der Waals surface area contributed by atoms with Gasteiger partial charge in [-0.15, -0.1) is 0 Å². The molecule has 1 aromatic rings. The van der Waals surface area contributed by atoms with E-state index in [9.17, 15) is 8.42 Å². The van der Waals surface area contributed by atoms with E-state index < -0.39 is 10.0 Å². The van der Waals surface area contributed by atoms with Gasteiger partial charge in [-0.2, -0.15) is 4.31 Å². The van der Waals surface area contributed by atoms with Crippen LogP contribution in [0.15, 0.2) is 23.4 Å². The monoisotopic (exact) mass is 313 g/mol. The maximum Gasteiger partial charge on any atom is 0.263 e. The Bertz CT molecular complexity index is 577. The molecule has 2 atom stereocenters. The first-order valence-corrected chi connectivity index (χ1v) is 8.77. The number of aromatic nitrogens is 1. The summed E-state index contributed by atoms with van der Waals surface area (Å²) < 4.78 is 33.0. The maximum atomic E-state index is 13.0. The molecule has 21 heavy (non-hydrogen) atoms. The maximum absolute atomic E-state index is 13.0. The molecule has 0 radical (unpaired) electrons. The molecule has 0 aliphatic carbocycles. The lowest BCUT2D eigenvalue weighted by Crippen LogP contribution is -2.51. The van der Waals surface area contributed by atoms with E-state index in [0.717, 1.165) is 6.42 Å². The van der Waals surface area contributed by atoms with Gasteiger partial charge in [-0.3, -0.25) is 0 Å². The predicted molar refractivity (Wildman–Crippen MR) is 81.8 cm³/mol. The van der Waals surface area contributed by atoms with Gasteiger partial charge >= 0.3 is 0 Å².